The Balaban J connectivity index is 1.67. The summed E-state index contributed by atoms with van der Waals surface area (Å²) in [5, 5.41) is 3.59. The van der Waals surface area contributed by atoms with Gasteiger partial charge in [0.25, 0.3) is 0 Å². The molecule has 1 amide bonds. The van der Waals surface area contributed by atoms with Crippen molar-refractivity contribution in [2.75, 3.05) is 7.11 Å². The minimum absolute atomic E-state index is 0.162. The second kappa shape index (κ2) is 6.52. The number of methoxy groups -OCH3 is 1. The summed E-state index contributed by atoms with van der Waals surface area (Å²) in [7, 11) is 1.58. The summed E-state index contributed by atoms with van der Waals surface area (Å²) in [6.45, 7) is 0.162. The van der Waals surface area contributed by atoms with Crippen LogP contribution in [0.4, 0.5) is 4.39 Å². The minimum atomic E-state index is -0.325. The van der Waals surface area contributed by atoms with Crippen LogP contribution in [0.25, 0.3) is 11.0 Å². The van der Waals surface area contributed by atoms with Crippen LogP contribution in [0.15, 0.2) is 53.1 Å². The van der Waals surface area contributed by atoms with Crippen molar-refractivity contribution >= 4 is 16.9 Å². The normalized spacial score (nSPS) is 10.7. The van der Waals surface area contributed by atoms with Gasteiger partial charge in [-0.15, -0.1) is 0 Å². The fraction of sp³-hybridized carbons (Fsp3) is 0.167. The summed E-state index contributed by atoms with van der Waals surface area (Å²) in [5.41, 5.74) is 1.91. The molecule has 0 saturated carbocycles. The number of hydrogen-bond acceptors (Lipinski definition) is 3. The highest BCUT2D eigenvalue weighted by Gasteiger charge is 2.11. The lowest BCUT2D eigenvalue weighted by Gasteiger charge is -2.05. The van der Waals surface area contributed by atoms with Gasteiger partial charge in [-0.3, -0.25) is 4.79 Å². The molecule has 4 nitrogen and oxygen atoms in total. The zero-order chi connectivity index (χ0) is 16.2. The van der Waals surface area contributed by atoms with E-state index in [0.717, 1.165) is 10.9 Å². The number of benzene rings is 2. The molecule has 3 aromatic rings. The fourth-order valence-electron chi connectivity index (χ4n) is 2.40. The summed E-state index contributed by atoms with van der Waals surface area (Å²) in [6.07, 6.45) is 1.74. The van der Waals surface area contributed by atoms with Gasteiger partial charge in [0.1, 0.15) is 17.1 Å². The van der Waals surface area contributed by atoms with E-state index in [-0.39, 0.29) is 24.7 Å². The molecule has 0 saturated heterocycles. The molecule has 0 radical (unpaired) electrons. The van der Waals surface area contributed by atoms with E-state index in [1.165, 1.54) is 6.07 Å². The quantitative estimate of drug-likeness (QED) is 0.785. The maximum absolute atomic E-state index is 13.5. The van der Waals surface area contributed by atoms with Crippen LogP contribution in [-0.4, -0.2) is 13.0 Å². The van der Waals surface area contributed by atoms with Crippen LogP contribution >= 0.6 is 0 Å². The van der Waals surface area contributed by atoms with E-state index in [4.69, 9.17) is 9.15 Å². The van der Waals surface area contributed by atoms with E-state index in [1.807, 2.05) is 12.1 Å². The molecule has 2 aromatic carbocycles. The van der Waals surface area contributed by atoms with E-state index in [1.54, 1.807) is 37.6 Å². The van der Waals surface area contributed by atoms with Crippen molar-refractivity contribution in [1.29, 1.82) is 0 Å². The van der Waals surface area contributed by atoms with Crippen LogP contribution in [0.5, 0.6) is 5.75 Å². The molecule has 0 fully saturated rings. The highest BCUT2D eigenvalue weighted by Crippen LogP contribution is 2.25. The second-order valence-corrected chi connectivity index (χ2v) is 5.17. The molecule has 23 heavy (non-hydrogen) atoms. The maximum atomic E-state index is 13.5. The van der Waals surface area contributed by atoms with Crippen LogP contribution in [-0.2, 0) is 17.8 Å². The standard InChI is InChI=1S/C18H16FNO3/c1-22-14-6-7-15-13(11-23-17(15)9-14)8-18(21)20-10-12-4-2-3-5-16(12)19/h2-7,9,11H,8,10H2,1H3,(H,20,21). The van der Waals surface area contributed by atoms with E-state index in [0.29, 0.717) is 16.9 Å². The molecule has 1 aromatic heterocycles. The van der Waals surface area contributed by atoms with E-state index in [2.05, 4.69) is 5.32 Å². The van der Waals surface area contributed by atoms with Crippen LogP contribution in [0, 0.1) is 5.82 Å². The summed E-state index contributed by atoms with van der Waals surface area (Å²) in [5.74, 6) is 0.183. The lowest BCUT2D eigenvalue weighted by molar-refractivity contribution is -0.120. The van der Waals surface area contributed by atoms with Crippen molar-refractivity contribution in [2.45, 2.75) is 13.0 Å². The number of rotatable bonds is 5. The molecule has 1 heterocycles. The first-order valence-corrected chi connectivity index (χ1v) is 7.21. The Labute approximate surface area is 132 Å². The molecule has 0 unspecified atom stereocenters. The summed E-state index contributed by atoms with van der Waals surface area (Å²) in [6, 6.07) is 11.8. The summed E-state index contributed by atoms with van der Waals surface area (Å²) >= 11 is 0. The van der Waals surface area contributed by atoms with Crippen LogP contribution < -0.4 is 10.1 Å². The third-order valence-corrected chi connectivity index (χ3v) is 3.65. The zero-order valence-electron chi connectivity index (χ0n) is 12.6. The highest BCUT2D eigenvalue weighted by atomic mass is 19.1. The number of carbonyl (C=O) groups excluding carboxylic acids is 1. The van der Waals surface area contributed by atoms with Crippen LogP contribution in [0.1, 0.15) is 11.1 Å². The van der Waals surface area contributed by atoms with Crippen LogP contribution in [0.3, 0.4) is 0 Å². The molecule has 1 N–H and O–H groups in total. The molecule has 0 aliphatic carbocycles. The number of hydrogen-bond donors (Lipinski definition) is 1. The number of fused-ring (bicyclic) bond motifs is 1. The van der Waals surface area contributed by atoms with Crippen molar-refractivity contribution in [2.24, 2.45) is 0 Å². The minimum Gasteiger partial charge on any atom is -0.497 e. The van der Waals surface area contributed by atoms with Gasteiger partial charge in [0.05, 0.1) is 19.8 Å². The van der Waals surface area contributed by atoms with Crippen molar-refractivity contribution in [3.63, 3.8) is 0 Å². The Morgan fingerprint density at radius 2 is 2.04 bits per heavy atom. The molecule has 5 heteroatoms. The number of halogens is 1. The average molecular weight is 313 g/mol. The lowest BCUT2D eigenvalue weighted by Crippen LogP contribution is -2.24. The molecule has 0 aliphatic rings. The lowest BCUT2D eigenvalue weighted by atomic mass is 10.1. The fourth-order valence-corrected chi connectivity index (χ4v) is 2.40. The maximum Gasteiger partial charge on any atom is 0.224 e. The molecule has 3 rings (SSSR count). The molecule has 0 aliphatic heterocycles. The monoisotopic (exact) mass is 313 g/mol. The smallest absolute Gasteiger partial charge is 0.224 e. The number of nitrogens with one attached hydrogen (secondary N) is 1. The van der Waals surface area contributed by atoms with Gasteiger partial charge in [0, 0.05) is 29.1 Å². The number of ether oxygens (including phenoxy) is 1. The number of furan rings is 1. The van der Waals surface area contributed by atoms with E-state index >= 15 is 0 Å². The van der Waals surface area contributed by atoms with Gasteiger partial charge in [0.2, 0.25) is 5.91 Å². The summed E-state index contributed by atoms with van der Waals surface area (Å²) < 4.78 is 24.1. The second-order valence-electron chi connectivity index (χ2n) is 5.17. The van der Waals surface area contributed by atoms with E-state index in [9.17, 15) is 9.18 Å². The molecule has 0 spiro atoms. The van der Waals surface area contributed by atoms with Crippen LogP contribution in [0.2, 0.25) is 0 Å². The zero-order valence-corrected chi connectivity index (χ0v) is 12.6. The first-order chi connectivity index (χ1) is 11.2. The molecule has 0 atom stereocenters. The number of carbonyl (C=O) groups is 1. The van der Waals surface area contributed by atoms with Crippen molar-refractivity contribution in [3.05, 3.63) is 65.7 Å². The third kappa shape index (κ3) is 3.34. The summed E-state index contributed by atoms with van der Waals surface area (Å²) in [4.78, 5) is 12.1. The van der Waals surface area contributed by atoms with Crippen molar-refractivity contribution in [1.82, 2.24) is 5.32 Å². The predicted octanol–water partition coefficient (Wildman–Crippen LogP) is 3.44. The Kier molecular flexibility index (Phi) is 4.28. The Morgan fingerprint density at radius 3 is 2.83 bits per heavy atom. The molecule has 118 valence electrons. The molecule has 0 bridgehead atoms. The first-order valence-electron chi connectivity index (χ1n) is 7.21. The molecular weight excluding hydrogens is 297 g/mol. The van der Waals surface area contributed by atoms with Gasteiger partial charge in [-0.25, -0.2) is 4.39 Å². The van der Waals surface area contributed by atoms with Gasteiger partial charge < -0.3 is 14.5 Å². The SMILES string of the molecule is COc1ccc2c(CC(=O)NCc3ccccc3F)coc2c1. The third-order valence-electron chi connectivity index (χ3n) is 3.65. The van der Waals surface area contributed by atoms with Gasteiger partial charge >= 0.3 is 0 Å². The van der Waals surface area contributed by atoms with Gasteiger partial charge in [-0.1, -0.05) is 18.2 Å². The van der Waals surface area contributed by atoms with Gasteiger partial charge in [-0.2, -0.15) is 0 Å². The first kappa shape index (κ1) is 15.1. The Morgan fingerprint density at radius 1 is 1.22 bits per heavy atom. The number of amides is 1. The van der Waals surface area contributed by atoms with E-state index < -0.39 is 0 Å². The Bertz CT molecular complexity index is 841. The topological polar surface area (TPSA) is 51.5 Å². The average Bonchev–Trinajstić information content (AvgIpc) is 2.96. The van der Waals surface area contributed by atoms with Crippen molar-refractivity contribution < 1.29 is 18.3 Å². The van der Waals surface area contributed by atoms with Crippen molar-refractivity contribution in [3.8, 4) is 5.75 Å². The largest absolute Gasteiger partial charge is 0.497 e. The van der Waals surface area contributed by atoms with Gasteiger partial charge in [-0.05, 0) is 18.2 Å². The Hall–Kier alpha value is -2.82. The predicted molar refractivity (Wildman–Crippen MR) is 84.7 cm³/mol. The molecular formula is C18H16FNO3. The highest BCUT2D eigenvalue weighted by molar-refractivity contribution is 5.88. The van der Waals surface area contributed by atoms with Gasteiger partial charge in [0.15, 0.2) is 0 Å².